The number of carbonyl (C=O) groups excluding carboxylic acids is 4. The summed E-state index contributed by atoms with van der Waals surface area (Å²) in [6, 6.07) is 13.1. The highest BCUT2D eigenvalue weighted by Crippen LogP contribution is 2.47. The van der Waals surface area contributed by atoms with Crippen molar-refractivity contribution in [3.8, 4) is 11.1 Å². The highest BCUT2D eigenvalue weighted by Gasteiger charge is 2.44. The van der Waals surface area contributed by atoms with E-state index in [4.69, 9.17) is 5.10 Å². The first-order valence-corrected chi connectivity index (χ1v) is 14.7. The lowest BCUT2D eigenvalue weighted by Crippen LogP contribution is -2.54. The normalized spacial score (nSPS) is 23.5. The smallest absolute Gasteiger partial charge is 0.262 e. The van der Waals surface area contributed by atoms with Crippen LogP contribution >= 0.6 is 0 Å². The third kappa shape index (κ3) is 4.55. The predicted molar refractivity (Wildman–Crippen MR) is 157 cm³/mol. The minimum Gasteiger partial charge on any atom is -0.385 e. The van der Waals surface area contributed by atoms with Crippen molar-refractivity contribution in [2.24, 2.45) is 5.92 Å². The second-order valence-corrected chi connectivity index (χ2v) is 12.2. The maximum absolute atomic E-state index is 13.1. The van der Waals surface area contributed by atoms with Crippen molar-refractivity contribution in [2.45, 2.75) is 56.5 Å². The lowest BCUT2D eigenvalue weighted by molar-refractivity contribution is -0.136. The summed E-state index contributed by atoms with van der Waals surface area (Å²) in [5.74, 6) is -0.956. The Labute approximate surface area is 244 Å². The van der Waals surface area contributed by atoms with Crippen LogP contribution in [0.5, 0.6) is 0 Å². The van der Waals surface area contributed by atoms with Crippen LogP contribution in [-0.4, -0.2) is 65.0 Å². The summed E-state index contributed by atoms with van der Waals surface area (Å²) in [6.45, 7) is 0.751. The Balaban J connectivity index is 1.00. The average molecular weight is 567 g/mol. The topological polar surface area (TPSA) is 117 Å². The molecule has 42 heavy (non-hydrogen) atoms. The van der Waals surface area contributed by atoms with Crippen LogP contribution in [0, 0.1) is 5.92 Å². The van der Waals surface area contributed by atoms with Crippen LogP contribution in [0.25, 0.3) is 11.1 Å². The van der Waals surface area contributed by atoms with Gasteiger partial charge in [0.15, 0.2) is 0 Å². The fourth-order valence-corrected chi connectivity index (χ4v) is 6.48. The number of imide groups is 2. The van der Waals surface area contributed by atoms with Gasteiger partial charge in [-0.1, -0.05) is 18.2 Å². The van der Waals surface area contributed by atoms with E-state index in [1.165, 1.54) is 35.3 Å². The number of rotatable bonds is 8. The Morgan fingerprint density at radius 1 is 0.929 bits per heavy atom. The fraction of sp³-hybridized carbons (Fsp3) is 0.406. The van der Waals surface area contributed by atoms with E-state index in [0.717, 1.165) is 30.0 Å². The molecule has 4 aliphatic rings. The van der Waals surface area contributed by atoms with E-state index in [1.807, 2.05) is 0 Å². The molecule has 1 aromatic heterocycles. The van der Waals surface area contributed by atoms with Crippen LogP contribution in [0.3, 0.4) is 0 Å². The number of nitrogens with zero attached hydrogens (tertiary/aromatic N) is 4. The first kappa shape index (κ1) is 26.4. The molecule has 0 bridgehead atoms. The molecule has 7 rings (SSSR count). The van der Waals surface area contributed by atoms with Gasteiger partial charge in [-0.25, -0.2) is 0 Å². The summed E-state index contributed by atoms with van der Waals surface area (Å²) in [6.07, 6.45) is 6.91. The van der Waals surface area contributed by atoms with E-state index in [1.54, 1.807) is 18.2 Å². The Morgan fingerprint density at radius 3 is 2.43 bits per heavy atom. The zero-order chi connectivity index (χ0) is 29.1. The summed E-state index contributed by atoms with van der Waals surface area (Å²) in [5, 5.41) is 10.8. The number of fused-ring (bicyclic) bond motifs is 1. The molecule has 0 radical (unpaired) electrons. The Bertz CT molecular complexity index is 1620. The van der Waals surface area contributed by atoms with Gasteiger partial charge in [-0.2, -0.15) is 5.10 Å². The largest absolute Gasteiger partial charge is 0.385 e. The van der Waals surface area contributed by atoms with Crippen molar-refractivity contribution in [1.29, 1.82) is 0 Å². The number of hydrogen-bond donors (Lipinski definition) is 2. The number of hydrogen-bond acceptors (Lipinski definition) is 7. The van der Waals surface area contributed by atoms with Crippen molar-refractivity contribution < 1.29 is 19.2 Å². The van der Waals surface area contributed by atoms with Gasteiger partial charge < -0.3 is 10.2 Å². The van der Waals surface area contributed by atoms with Gasteiger partial charge in [0.2, 0.25) is 11.8 Å². The van der Waals surface area contributed by atoms with Gasteiger partial charge in [0.05, 0.1) is 22.9 Å². The second kappa shape index (κ2) is 10.1. The zero-order valence-corrected chi connectivity index (χ0v) is 23.8. The number of amides is 4. The van der Waals surface area contributed by atoms with Crippen LogP contribution in [-0.2, 0) is 9.59 Å². The van der Waals surface area contributed by atoms with Gasteiger partial charge in [0.1, 0.15) is 6.04 Å². The zero-order valence-electron chi connectivity index (χ0n) is 23.8. The van der Waals surface area contributed by atoms with Crippen molar-refractivity contribution in [2.75, 3.05) is 30.9 Å². The molecular weight excluding hydrogens is 532 g/mol. The summed E-state index contributed by atoms with van der Waals surface area (Å²) in [5.41, 5.74) is 6.23. The number of nitrogens with one attached hydrogen (secondary N) is 2. The molecule has 1 saturated heterocycles. The number of anilines is 2. The minimum absolute atomic E-state index is 0.101. The van der Waals surface area contributed by atoms with Crippen molar-refractivity contribution >= 4 is 35.0 Å². The average Bonchev–Trinajstić information content (AvgIpc) is 3.66. The number of benzene rings is 2. The van der Waals surface area contributed by atoms with Crippen LogP contribution in [0.2, 0.25) is 0 Å². The molecule has 10 heteroatoms. The molecule has 1 atom stereocenters. The minimum atomic E-state index is -0.960. The number of piperidine rings is 1. The Morgan fingerprint density at radius 2 is 1.69 bits per heavy atom. The van der Waals surface area contributed by atoms with E-state index in [2.05, 4.69) is 64.8 Å². The van der Waals surface area contributed by atoms with Crippen molar-refractivity contribution in [3.63, 3.8) is 0 Å². The summed E-state index contributed by atoms with van der Waals surface area (Å²) >= 11 is 0. The predicted octanol–water partition coefficient (Wildman–Crippen LogP) is 3.96. The van der Waals surface area contributed by atoms with Gasteiger partial charge in [0, 0.05) is 61.7 Å². The van der Waals surface area contributed by atoms with E-state index in [-0.39, 0.29) is 29.9 Å². The van der Waals surface area contributed by atoms with Gasteiger partial charge in [-0.15, -0.1) is 0 Å². The molecule has 3 aromatic rings. The maximum atomic E-state index is 13.1. The van der Waals surface area contributed by atoms with Crippen LogP contribution in [0.1, 0.15) is 76.9 Å². The van der Waals surface area contributed by atoms with E-state index < -0.39 is 23.8 Å². The van der Waals surface area contributed by atoms with Crippen molar-refractivity contribution in [1.82, 2.24) is 20.0 Å². The number of carbonyl (C=O) groups is 4. The first-order valence-electron chi connectivity index (χ1n) is 14.7. The highest BCUT2D eigenvalue weighted by atomic mass is 16.2. The summed E-state index contributed by atoms with van der Waals surface area (Å²) < 4.78 is 2.18. The molecule has 2 N–H and O–H groups in total. The molecule has 216 valence electrons. The molecule has 3 heterocycles. The monoisotopic (exact) mass is 566 g/mol. The molecule has 4 amide bonds. The third-order valence-corrected chi connectivity index (χ3v) is 9.02. The number of aromatic nitrogens is 2. The second-order valence-electron chi connectivity index (χ2n) is 12.2. The Kier molecular flexibility index (Phi) is 6.36. The molecule has 3 fully saturated rings. The highest BCUT2D eigenvalue weighted by molar-refractivity contribution is 6.23. The molecule has 2 saturated carbocycles. The lowest BCUT2D eigenvalue weighted by atomic mass is 9.80. The molecule has 0 spiro atoms. The first-order chi connectivity index (χ1) is 20.3. The third-order valence-electron chi connectivity index (χ3n) is 9.02. The molecule has 2 aliphatic carbocycles. The van der Waals surface area contributed by atoms with E-state index in [9.17, 15) is 19.2 Å². The standard InChI is InChI=1S/C32H34N6O4/c1-36(2)26-6-4-3-5-22(26)25-17-37(35-29(25)19-7-8-19)21-13-18(14-21)16-33-20-9-10-23-24(15-20)32(42)38(31(23)41)27-11-12-28(39)34-30(27)40/h3-6,9-10,15,17-19,21,27,33H,7-8,11-14,16H2,1-2H3,(H,34,39,40). The Hall–Kier alpha value is -4.47. The van der Waals surface area contributed by atoms with Gasteiger partial charge in [-0.3, -0.25) is 34.1 Å². The van der Waals surface area contributed by atoms with Crippen molar-refractivity contribution in [3.05, 3.63) is 65.5 Å². The van der Waals surface area contributed by atoms with Gasteiger partial charge in [-0.05, 0) is 62.3 Å². The molecule has 2 aromatic carbocycles. The lowest BCUT2D eigenvalue weighted by Gasteiger charge is -2.35. The van der Waals surface area contributed by atoms with Gasteiger partial charge in [0.25, 0.3) is 11.8 Å². The van der Waals surface area contributed by atoms with Crippen LogP contribution < -0.4 is 15.5 Å². The van der Waals surface area contributed by atoms with E-state index >= 15 is 0 Å². The van der Waals surface area contributed by atoms with Gasteiger partial charge >= 0.3 is 0 Å². The fourth-order valence-electron chi connectivity index (χ4n) is 6.48. The maximum Gasteiger partial charge on any atom is 0.262 e. The molecule has 1 unspecified atom stereocenters. The number of para-hydroxylation sites is 1. The summed E-state index contributed by atoms with van der Waals surface area (Å²) in [7, 11) is 4.15. The van der Waals surface area contributed by atoms with Crippen LogP contribution in [0.15, 0.2) is 48.7 Å². The molecule has 10 nitrogen and oxygen atoms in total. The molecule has 2 aliphatic heterocycles. The van der Waals surface area contributed by atoms with E-state index in [0.29, 0.717) is 17.9 Å². The molecular formula is C32H34N6O4. The summed E-state index contributed by atoms with van der Waals surface area (Å²) in [4.78, 5) is 53.1. The quantitative estimate of drug-likeness (QED) is 0.397. The SMILES string of the molecule is CN(C)c1ccccc1-c1cn(C2CC(CNc3ccc4c(c3)C(=O)N(C3CCC(=O)NC3=O)C4=O)C2)nc1C1CC1. The van der Waals surface area contributed by atoms with Crippen LogP contribution in [0.4, 0.5) is 11.4 Å².